The highest BCUT2D eigenvalue weighted by Crippen LogP contribution is 2.34. The van der Waals surface area contributed by atoms with Crippen LogP contribution in [0.5, 0.6) is 0 Å². The summed E-state index contributed by atoms with van der Waals surface area (Å²) in [6.07, 6.45) is 2.17. The number of thiophene rings is 1. The summed E-state index contributed by atoms with van der Waals surface area (Å²) < 4.78 is 5.58. The number of carbonyl (C=O) groups excluding carboxylic acids is 1. The Morgan fingerprint density at radius 1 is 1.26 bits per heavy atom. The van der Waals surface area contributed by atoms with Gasteiger partial charge in [-0.15, -0.1) is 16.4 Å². The van der Waals surface area contributed by atoms with E-state index in [0.717, 1.165) is 16.2 Å². The number of halogens is 1. The third kappa shape index (κ3) is 4.30. The molecule has 4 heterocycles. The van der Waals surface area contributed by atoms with Crippen LogP contribution in [0.1, 0.15) is 23.8 Å². The van der Waals surface area contributed by atoms with Crippen LogP contribution in [0.15, 0.2) is 74.8 Å². The average molecular weight is 470 g/mol. The van der Waals surface area contributed by atoms with Crippen LogP contribution in [0.4, 0.5) is 0 Å². The standard InChI is InChI=1S/C21H16ClN5O2S2/c22-14-7-5-13(6-8-14)15-11-16(17-3-1-9-29-17)27(26-15)19(28)12-31-21-23-20(24-25-21)18-4-2-10-30-18/h1-10,16H,11-12H2,(H,23,24,25)/t16-/m1/s1. The molecule has 0 aliphatic carbocycles. The van der Waals surface area contributed by atoms with E-state index >= 15 is 0 Å². The fourth-order valence-electron chi connectivity index (χ4n) is 3.29. The Hall–Kier alpha value is -2.88. The van der Waals surface area contributed by atoms with E-state index in [4.69, 9.17) is 16.0 Å². The van der Waals surface area contributed by atoms with Gasteiger partial charge in [0.15, 0.2) is 5.82 Å². The largest absolute Gasteiger partial charge is 0.467 e. The van der Waals surface area contributed by atoms with Gasteiger partial charge in [-0.2, -0.15) is 5.10 Å². The van der Waals surface area contributed by atoms with Crippen LogP contribution < -0.4 is 0 Å². The highest BCUT2D eigenvalue weighted by Gasteiger charge is 2.34. The average Bonchev–Trinajstić information content (AvgIpc) is 3.58. The molecule has 1 N–H and O–H groups in total. The molecule has 5 rings (SSSR count). The lowest BCUT2D eigenvalue weighted by Gasteiger charge is -2.19. The lowest BCUT2D eigenvalue weighted by Crippen LogP contribution is -2.28. The molecular formula is C21H16ClN5O2S2. The molecule has 10 heteroatoms. The second kappa shape index (κ2) is 8.70. The van der Waals surface area contributed by atoms with Crippen molar-refractivity contribution in [2.75, 3.05) is 5.75 Å². The SMILES string of the molecule is O=C(CSc1n[nH]c(-c2cccs2)n1)N1N=C(c2ccc(Cl)cc2)C[C@@H]1c1ccco1. The number of amides is 1. The highest BCUT2D eigenvalue weighted by atomic mass is 35.5. The fraction of sp³-hybridized carbons (Fsp3) is 0.143. The van der Waals surface area contributed by atoms with Crippen molar-refractivity contribution in [3.8, 4) is 10.7 Å². The molecule has 1 atom stereocenters. The van der Waals surface area contributed by atoms with E-state index in [9.17, 15) is 4.79 Å². The Balaban J connectivity index is 1.33. The summed E-state index contributed by atoms with van der Waals surface area (Å²) in [6, 6.07) is 14.8. The molecule has 31 heavy (non-hydrogen) atoms. The lowest BCUT2D eigenvalue weighted by molar-refractivity contribution is -0.130. The number of benzene rings is 1. The molecule has 1 aliphatic rings. The molecule has 0 saturated heterocycles. The van der Waals surface area contributed by atoms with Gasteiger partial charge in [0.2, 0.25) is 5.16 Å². The Morgan fingerprint density at radius 3 is 2.87 bits per heavy atom. The quantitative estimate of drug-likeness (QED) is 0.390. The third-order valence-electron chi connectivity index (χ3n) is 4.76. The number of H-pyrrole nitrogens is 1. The molecular weight excluding hydrogens is 454 g/mol. The predicted molar refractivity (Wildman–Crippen MR) is 121 cm³/mol. The zero-order valence-corrected chi connectivity index (χ0v) is 18.5. The zero-order chi connectivity index (χ0) is 21.2. The summed E-state index contributed by atoms with van der Waals surface area (Å²) in [5.41, 5.74) is 1.74. The van der Waals surface area contributed by atoms with Gasteiger partial charge in [0.05, 0.1) is 22.6 Å². The maximum absolute atomic E-state index is 13.1. The second-order valence-electron chi connectivity index (χ2n) is 6.76. The topological polar surface area (TPSA) is 87.4 Å². The Bertz CT molecular complexity index is 1200. The first-order valence-corrected chi connectivity index (χ1v) is 11.7. The van der Waals surface area contributed by atoms with Gasteiger partial charge in [-0.25, -0.2) is 9.99 Å². The smallest absolute Gasteiger partial charge is 0.253 e. The Kier molecular flexibility index (Phi) is 5.63. The number of hydrogen-bond donors (Lipinski definition) is 1. The molecule has 1 aromatic carbocycles. The molecule has 1 amide bonds. The van der Waals surface area contributed by atoms with Crippen LogP contribution in [0.3, 0.4) is 0 Å². The number of furan rings is 1. The monoisotopic (exact) mass is 469 g/mol. The van der Waals surface area contributed by atoms with Crippen molar-refractivity contribution in [2.45, 2.75) is 17.6 Å². The van der Waals surface area contributed by atoms with Gasteiger partial charge in [0.25, 0.3) is 5.91 Å². The Labute approximate surface area is 191 Å². The summed E-state index contributed by atoms with van der Waals surface area (Å²) in [6.45, 7) is 0. The maximum atomic E-state index is 13.1. The predicted octanol–water partition coefficient (Wildman–Crippen LogP) is 5.25. The minimum Gasteiger partial charge on any atom is -0.467 e. The number of aromatic amines is 1. The molecule has 0 fully saturated rings. The lowest BCUT2D eigenvalue weighted by atomic mass is 10.0. The van der Waals surface area contributed by atoms with E-state index in [-0.39, 0.29) is 17.7 Å². The first kappa shape index (κ1) is 20.0. The Morgan fingerprint density at radius 2 is 2.13 bits per heavy atom. The van der Waals surface area contributed by atoms with Crippen molar-refractivity contribution >= 4 is 46.3 Å². The number of rotatable bonds is 6. The fourth-order valence-corrected chi connectivity index (χ4v) is 4.73. The number of hydrogen-bond acceptors (Lipinski definition) is 7. The highest BCUT2D eigenvalue weighted by molar-refractivity contribution is 7.99. The van der Waals surface area contributed by atoms with E-state index in [1.807, 2.05) is 53.9 Å². The number of nitrogens with zero attached hydrogens (tertiary/aromatic N) is 4. The van der Waals surface area contributed by atoms with Gasteiger partial charge in [-0.05, 0) is 41.3 Å². The molecule has 156 valence electrons. The van der Waals surface area contributed by atoms with Crippen LogP contribution >= 0.6 is 34.7 Å². The minimum atomic E-state index is -0.289. The second-order valence-corrected chi connectivity index (χ2v) is 9.09. The molecule has 0 bridgehead atoms. The molecule has 3 aromatic heterocycles. The minimum absolute atomic E-state index is 0.141. The van der Waals surface area contributed by atoms with Crippen LogP contribution in [0.2, 0.25) is 5.02 Å². The van der Waals surface area contributed by atoms with E-state index in [1.54, 1.807) is 17.6 Å². The maximum Gasteiger partial charge on any atom is 0.253 e. The van der Waals surface area contributed by atoms with E-state index < -0.39 is 0 Å². The van der Waals surface area contributed by atoms with Crippen LogP contribution in [-0.2, 0) is 4.79 Å². The van der Waals surface area contributed by atoms with Gasteiger partial charge >= 0.3 is 0 Å². The van der Waals surface area contributed by atoms with E-state index in [1.165, 1.54) is 16.8 Å². The first-order valence-electron chi connectivity index (χ1n) is 9.45. The van der Waals surface area contributed by atoms with Gasteiger partial charge in [0.1, 0.15) is 11.8 Å². The molecule has 0 radical (unpaired) electrons. The summed E-state index contributed by atoms with van der Waals surface area (Å²) in [5, 5.41) is 16.4. The van der Waals surface area contributed by atoms with Crippen LogP contribution in [0.25, 0.3) is 10.7 Å². The van der Waals surface area contributed by atoms with Gasteiger partial charge in [-0.3, -0.25) is 9.89 Å². The van der Waals surface area contributed by atoms with Crippen molar-refractivity contribution < 1.29 is 9.21 Å². The normalized spacial score (nSPS) is 16.0. The third-order valence-corrected chi connectivity index (χ3v) is 6.72. The van der Waals surface area contributed by atoms with Crippen molar-refractivity contribution in [3.63, 3.8) is 0 Å². The molecule has 7 nitrogen and oxygen atoms in total. The summed E-state index contributed by atoms with van der Waals surface area (Å²) in [5.74, 6) is 1.42. The van der Waals surface area contributed by atoms with Crippen LogP contribution in [0, 0.1) is 0 Å². The number of hydrazone groups is 1. The van der Waals surface area contributed by atoms with Crippen molar-refractivity contribution in [2.24, 2.45) is 5.10 Å². The zero-order valence-electron chi connectivity index (χ0n) is 16.1. The summed E-state index contributed by atoms with van der Waals surface area (Å²) in [7, 11) is 0. The molecule has 0 spiro atoms. The van der Waals surface area contributed by atoms with Crippen molar-refractivity contribution in [3.05, 3.63) is 76.5 Å². The van der Waals surface area contributed by atoms with Gasteiger partial charge < -0.3 is 4.42 Å². The molecule has 0 unspecified atom stereocenters. The van der Waals surface area contributed by atoms with Crippen LogP contribution in [-0.4, -0.2) is 37.6 Å². The number of carbonyl (C=O) groups is 1. The molecule has 4 aromatic rings. The number of thioether (sulfide) groups is 1. The van der Waals surface area contributed by atoms with Gasteiger partial charge in [0, 0.05) is 11.4 Å². The van der Waals surface area contributed by atoms with E-state index in [2.05, 4.69) is 20.3 Å². The molecule has 1 aliphatic heterocycles. The van der Waals surface area contributed by atoms with Crippen molar-refractivity contribution in [1.82, 2.24) is 20.2 Å². The summed E-state index contributed by atoms with van der Waals surface area (Å²) in [4.78, 5) is 18.5. The first-order chi connectivity index (χ1) is 15.2. The molecule has 0 saturated carbocycles. The van der Waals surface area contributed by atoms with Crippen molar-refractivity contribution in [1.29, 1.82) is 0 Å². The number of aromatic nitrogens is 3. The number of nitrogens with one attached hydrogen (secondary N) is 1. The van der Waals surface area contributed by atoms with Gasteiger partial charge in [-0.1, -0.05) is 41.6 Å². The summed E-state index contributed by atoms with van der Waals surface area (Å²) >= 11 is 8.86. The van der Waals surface area contributed by atoms with E-state index in [0.29, 0.717) is 28.2 Å².